The van der Waals surface area contributed by atoms with Crippen molar-refractivity contribution in [1.29, 1.82) is 5.41 Å². The van der Waals surface area contributed by atoms with Crippen LogP contribution in [-0.4, -0.2) is 72.4 Å². The Bertz CT molecular complexity index is 728. The molecule has 3 amide bonds. The summed E-state index contributed by atoms with van der Waals surface area (Å²) in [4.78, 5) is 26.2. The summed E-state index contributed by atoms with van der Waals surface area (Å²) in [6.45, 7) is 0.169. The van der Waals surface area contributed by atoms with Crippen LogP contribution in [0.25, 0.3) is 0 Å². The largest absolute Gasteiger partial charge is 0.418 e. The van der Waals surface area contributed by atoms with E-state index in [9.17, 15) is 18.0 Å². The molecule has 4 atom stereocenters. The molecule has 4 N–H and O–H groups in total. The van der Waals surface area contributed by atoms with Crippen LogP contribution in [-0.2, 0) is 19.5 Å². The van der Waals surface area contributed by atoms with Crippen LogP contribution in [0.5, 0.6) is 0 Å². The van der Waals surface area contributed by atoms with Gasteiger partial charge in [0.15, 0.2) is 0 Å². The predicted octanol–water partition coefficient (Wildman–Crippen LogP) is -0.139. The number of hydroxylamine groups is 2. The quantitative estimate of drug-likeness (QED) is 0.283. The van der Waals surface area contributed by atoms with Crippen molar-refractivity contribution in [2.75, 3.05) is 13.6 Å². The molecule has 0 radical (unpaired) electrons. The second-order valence-electron chi connectivity index (χ2n) is 7.26. The van der Waals surface area contributed by atoms with Crippen LogP contribution in [0.15, 0.2) is 0 Å². The lowest BCUT2D eigenvalue weighted by atomic mass is 9.85. The van der Waals surface area contributed by atoms with Gasteiger partial charge in [-0.15, -0.1) is 4.28 Å². The van der Waals surface area contributed by atoms with Crippen LogP contribution in [0.2, 0.25) is 0 Å². The predicted molar refractivity (Wildman–Crippen MR) is 94.1 cm³/mol. The van der Waals surface area contributed by atoms with Crippen LogP contribution in [0.4, 0.5) is 4.79 Å². The van der Waals surface area contributed by atoms with E-state index >= 15 is 0 Å². The van der Waals surface area contributed by atoms with Crippen LogP contribution in [0, 0.1) is 11.3 Å². The second kappa shape index (κ2) is 7.70. The highest BCUT2D eigenvalue weighted by Crippen LogP contribution is 2.31. The number of piperidine rings is 1. The van der Waals surface area contributed by atoms with Gasteiger partial charge in [-0.2, -0.15) is 13.5 Å². The third kappa shape index (κ3) is 4.39. The summed E-state index contributed by atoms with van der Waals surface area (Å²) in [7, 11) is -2.94. The Morgan fingerprint density at radius 1 is 1.30 bits per heavy atom. The van der Waals surface area contributed by atoms with Crippen molar-refractivity contribution in [2.24, 2.45) is 5.92 Å². The molecule has 3 rings (SSSR count). The number of nitrogens with one attached hydrogen (secondary N) is 3. The molecule has 12 heteroatoms. The molecule has 1 aliphatic carbocycles. The van der Waals surface area contributed by atoms with Crippen molar-refractivity contribution in [3.63, 3.8) is 0 Å². The Morgan fingerprint density at radius 2 is 2.04 bits per heavy atom. The van der Waals surface area contributed by atoms with E-state index in [0.717, 1.165) is 19.3 Å². The lowest BCUT2D eigenvalue weighted by molar-refractivity contribution is -0.124. The van der Waals surface area contributed by atoms with Crippen LogP contribution in [0.1, 0.15) is 38.5 Å². The maximum Gasteiger partial charge on any atom is 0.418 e. The van der Waals surface area contributed by atoms with E-state index < -0.39 is 28.5 Å². The van der Waals surface area contributed by atoms with E-state index in [-0.39, 0.29) is 30.2 Å². The van der Waals surface area contributed by atoms with Gasteiger partial charge in [-0.3, -0.25) is 14.8 Å². The molecule has 0 aromatic heterocycles. The fourth-order valence-electron chi connectivity index (χ4n) is 4.14. The first-order valence-electron chi connectivity index (χ1n) is 9.03. The SMILES string of the molecule is CNC1CCCC(C(=O)NC(=N)C2CCC3CN2C(=O)N3OS(=O)(=O)O)C1. The van der Waals surface area contributed by atoms with Gasteiger partial charge >= 0.3 is 16.4 Å². The van der Waals surface area contributed by atoms with Gasteiger partial charge in [0.2, 0.25) is 5.91 Å². The number of carbonyl (C=O) groups excluding carboxylic acids is 2. The molecule has 0 aromatic carbocycles. The lowest BCUT2D eigenvalue weighted by Gasteiger charge is -2.32. The number of urea groups is 1. The fraction of sp³-hybridized carbons (Fsp3) is 0.800. The van der Waals surface area contributed by atoms with Gasteiger partial charge in [-0.05, 0) is 39.2 Å². The first-order chi connectivity index (χ1) is 12.7. The third-order valence-electron chi connectivity index (χ3n) is 5.54. The summed E-state index contributed by atoms with van der Waals surface area (Å²) in [5.41, 5.74) is 0. The van der Waals surface area contributed by atoms with Gasteiger partial charge in [0.1, 0.15) is 5.84 Å². The second-order valence-corrected chi connectivity index (χ2v) is 8.27. The molecule has 2 bridgehead atoms. The van der Waals surface area contributed by atoms with E-state index in [0.29, 0.717) is 24.3 Å². The average molecular weight is 403 g/mol. The van der Waals surface area contributed by atoms with Crippen LogP contribution < -0.4 is 10.6 Å². The molecule has 3 aliphatic rings. The van der Waals surface area contributed by atoms with E-state index in [1.54, 1.807) is 0 Å². The van der Waals surface area contributed by atoms with Crippen LogP contribution in [0.3, 0.4) is 0 Å². The maximum atomic E-state index is 12.5. The third-order valence-corrected chi connectivity index (χ3v) is 5.89. The Hall–Kier alpha value is -1.76. The highest BCUT2D eigenvalue weighted by molar-refractivity contribution is 7.80. The maximum absolute atomic E-state index is 12.5. The number of amidine groups is 1. The molecule has 2 heterocycles. The van der Waals surface area contributed by atoms with Gasteiger partial charge < -0.3 is 15.5 Å². The Morgan fingerprint density at radius 3 is 2.70 bits per heavy atom. The molecule has 152 valence electrons. The minimum atomic E-state index is -4.81. The normalized spacial score (nSPS) is 31.1. The number of hydrogen-bond acceptors (Lipinski definition) is 7. The monoisotopic (exact) mass is 403 g/mol. The van der Waals surface area contributed by atoms with Crippen molar-refractivity contribution in [2.45, 2.75) is 56.7 Å². The van der Waals surface area contributed by atoms with Gasteiger partial charge in [-0.25, -0.2) is 4.79 Å². The summed E-state index contributed by atoms with van der Waals surface area (Å²) < 4.78 is 35.0. The molecular formula is C15H25N5O6S. The van der Waals surface area contributed by atoms with Crippen molar-refractivity contribution in [3.8, 4) is 0 Å². The number of fused-ring (bicyclic) bond motifs is 2. The summed E-state index contributed by atoms with van der Waals surface area (Å²) in [5, 5.41) is 14.7. The van der Waals surface area contributed by atoms with Gasteiger partial charge in [0.05, 0.1) is 12.1 Å². The highest BCUT2D eigenvalue weighted by Gasteiger charge is 2.48. The molecule has 0 aromatic rings. The topological polar surface area (TPSA) is 152 Å². The standard InChI is InChI=1S/C15H25N5O6S/c1-17-10-4-2-3-9(7-10)14(21)18-13(16)12-6-5-11-8-19(12)15(22)20(11)26-27(23,24)25/h9-12,17H,2-8H2,1H3,(H2,16,18,21)(H,23,24,25). The zero-order chi connectivity index (χ0) is 19.8. The van der Waals surface area contributed by atoms with E-state index in [1.165, 1.54) is 4.90 Å². The molecule has 2 aliphatic heterocycles. The lowest BCUT2D eigenvalue weighted by Crippen LogP contribution is -2.52. The van der Waals surface area contributed by atoms with Crippen molar-refractivity contribution in [3.05, 3.63) is 0 Å². The minimum absolute atomic E-state index is 0.0768. The van der Waals surface area contributed by atoms with E-state index in [2.05, 4.69) is 14.9 Å². The van der Waals surface area contributed by atoms with Gasteiger partial charge in [0.25, 0.3) is 0 Å². The van der Waals surface area contributed by atoms with Crippen molar-refractivity contribution < 1.29 is 26.8 Å². The van der Waals surface area contributed by atoms with Gasteiger partial charge in [0, 0.05) is 18.5 Å². The van der Waals surface area contributed by atoms with Crippen molar-refractivity contribution in [1.82, 2.24) is 20.6 Å². The van der Waals surface area contributed by atoms with Crippen LogP contribution >= 0.6 is 0 Å². The Balaban J connectivity index is 1.61. The Labute approximate surface area is 157 Å². The Kier molecular flexibility index (Phi) is 5.70. The van der Waals surface area contributed by atoms with E-state index in [1.807, 2.05) is 7.05 Å². The summed E-state index contributed by atoms with van der Waals surface area (Å²) in [6.07, 6.45) is 4.22. The molecule has 0 spiro atoms. The first kappa shape index (κ1) is 20.0. The molecule has 4 unspecified atom stereocenters. The minimum Gasteiger partial charge on any atom is -0.317 e. The molecule has 3 fully saturated rings. The molecular weight excluding hydrogens is 378 g/mol. The molecule has 2 saturated heterocycles. The fourth-order valence-corrected chi connectivity index (χ4v) is 4.53. The zero-order valence-electron chi connectivity index (χ0n) is 15.1. The number of rotatable bonds is 5. The average Bonchev–Trinajstić information content (AvgIpc) is 2.85. The number of carbonyl (C=O) groups is 2. The summed E-state index contributed by atoms with van der Waals surface area (Å²) in [5.74, 6) is -0.478. The molecule has 27 heavy (non-hydrogen) atoms. The highest BCUT2D eigenvalue weighted by atomic mass is 32.3. The van der Waals surface area contributed by atoms with E-state index in [4.69, 9.17) is 9.96 Å². The first-order valence-corrected chi connectivity index (χ1v) is 10.4. The zero-order valence-corrected chi connectivity index (χ0v) is 15.9. The smallest absolute Gasteiger partial charge is 0.317 e. The molecule has 11 nitrogen and oxygen atoms in total. The number of nitrogens with zero attached hydrogens (tertiary/aromatic N) is 2. The van der Waals surface area contributed by atoms with Gasteiger partial charge in [-0.1, -0.05) is 6.42 Å². The summed E-state index contributed by atoms with van der Waals surface area (Å²) >= 11 is 0. The summed E-state index contributed by atoms with van der Waals surface area (Å²) in [6, 6.07) is -1.64. The number of hydrogen-bond donors (Lipinski definition) is 4. The number of amides is 3. The molecule has 1 saturated carbocycles. The van der Waals surface area contributed by atoms with Crippen molar-refractivity contribution >= 4 is 28.2 Å².